The zero-order valence-electron chi connectivity index (χ0n) is 10.8. The van der Waals surface area contributed by atoms with Gasteiger partial charge in [-0.1, -0.05) is 18.2 Å². The van der Waals surface area contributed by atoms with Crippen molar-refractivity contribution in [2.75, 3.05) is 6.61 Å². The predicted molar refractivity (Wildman–Crippen MR) is 73.2 cm³/mol. The van der Waals surface area contributed by atoms with E-state index >= 15 is 0 Å². The number of halogens is 1. The highest BCUT2D eigenvalue weighted by molar-refractivity contribution is 5.94. The molecule has 3 nitrogen and oxygen atoms in total. The van der Waals surface area contributed by atoms with E-state index in [2.05, 4.69) is 5.32 Å². The van der Waals surface area contributed by atoms with Crippen LogP contribution in [0.2, 0.25) is 0 Å². The molecule has 1 unspecified atom stereocenters. The van der Waals surface area contributed by atoms with Gasteiger partial charge in [0.2, 0.25) is 0 Å². The summed E-state index contributed by atoms with van der Waals surface area (Å²) in [4.78, 5) is 12.2. The van der Waals surface area contributed by atoms with Gasteiger partial charge in [-0.2, -0.15) is 0 Å². The average molecular weight is 271 g/mol. The highest BCUT2D eigenvalue weighted by Gasteiger charge is 2.23. The Bertz CT molecular complexity index is 628. The SMILES string of the molecule is O=C(NC1CCOc2ccc(F)cc21)c1ccccc1. The lowest BCUT2D eigenvalue weighted by atomic mass is 10.00. The molecule has 102 valence electrons. The Labute approximate surface area is 116 Å². The highest BCUT2D eigenvalue weighted by atomic mass is 19.1. The van der Waals surface area contributed by atoms with E-state index in [4.69, 9.17) is 4.74 Å². The van der Waals surface area contributed by atoms with Gasteiger partial charge >= 0.3 is 0 Å². The second kappa shape index (κ2) is 5.33. The Morgan fingerprint density at radius 1 is 1.20 bits per heavy atom. The number of hydrogen-bond acceptors (Lipinski definition) is 2. The van der Waals surface area contributed by atoms with Crippen molar-refractivity contribution in [1.82, 2.24) is 5.32 Å². The van der Waals surface area contributed by atoms with Crippen LogP contribution in [0.4, 0.5) is 4.39 Å². The Balaban J connectivity index is 1.83. The van der Waals surface area contributed by atoms with E-state index in [1.54, 1.807) is 18.2 Å². The molecule has 2 aromatic carbocycles. The molecule has 1 aliphatic heterocycles. The molecule has 1 heterocycles. The number of rotatable bonds is 2. The number of amides is 1. The van der Waals surface area contributed by atoms with Crippen LogP contribution in [0.15, 0.2) is 48.5 Å². The van der Waals surface area contributed by atoms with Crippen LogP contribution >= 0.6 is 0 Å². The number of fused-ring (bicyclic) bond motifs is 1. The van der Waals surface area contributed by atoms with Gasteiger partial charge in [-0.15, -0.1) is 0 Å². The van der Waals surface area contributed by atoms with Crippen molar-refractivity contribution in [3.8, 4) is 5.75 Å². The smallest absolute Gasteiger partial charge is 0.251 e. The molecule has 1 aliphatic rings. The van der Waals surface area contributed by atoms with Crippen molar-refractivity contribution < 1.29 is 13.9 Å². The molecule has 0 bridgehead atoms. The van der Waals surface area contributed by atoms with Crippen molar-refractivity contribution in [3.63, 3.8) is 0 Å². The minimum atomic E-state index is -0.326. The van der Waals surface area contributed by atoms with Crippen LogP contribution in [0.3, 0.4) is 0 Å². The molecule has 0 spiro atoms. The first-order valence-corrected chi connectivity index (χ1v) is 6.52. The van der Waals surface area contributed by atoms with Gasteiger partial charge < -0.3 is 10.1 Å². The number of ether oxygens (including phenoxy) is 1. The molecule has 20 heavy (non-hydrogen) atoms. The van der Waals surface area contributed by atoms with Gasteiger partial charge in [0.1, 0.15) is 11.6 Å². The van der Waals surface area contributed by atoms with E-state index < -0.39 is 0 Å². The summed E-state index contributed by atoms with van der Waals surface area (Å²) in [5.74, 6) is 0.150. The molecular formula is C16H14FNO2. The van der Waals surface area contributed by atoms with Gasteiger partial charge in [0, 0.05) is 17.5 Å². The van der Waals surface area contributed by atoms with E-state index in [-0.39, 0.29) is 17.8 Å². The molecule has 0 aromatic heterocycles. The van der Waals surface area contributed by atoms with Gasteiger partial charge in [-0.3, -0.25) is 4.79 Å². The maximum atomic E-state index is 13.4. The van der Waals surface area contributed by atoms with Crippen molar-refractivity contribution in [2.45, 2.75) is 12.5 Å². The molecule has 4 heteroatoms. The zero-order chi connectivity index (χ0) is 13.9. The molecule has 0 radical (unpaired) electrons. The van der Waals surface area contributed by atoms with E-state index in [1.165, 1.54) is 12.1 Å². The third-order valence-electron chi connectivity index (χ3n) is 3.35. The number of carbonyl (C=O) groups is 1. The molecule has 3 rings (SSSR count). The van der Waals surface area contributed by atoms with Gasteiger partial charge in [0.05, 0.1) is 12.6 Å². The van der Waals surface area contributed by atoms with Crippen molar-refractivity contribution in [2.24, 2.45) is 0 Å². The Hall–Kier alpha value is -2.36. The number of nitrogens with one attached hydrogen (secondary N) is 1. The van der Waals surface area contributed by atoms with Crippen LogP contribution in [0, 0.1) is 5.82 Å². The quantitative estimate of drug-likeness (QED) is 0.911. The fraction of sp³-hybridized carbons (Fsp3) is 0.188. The van der Waals surface area contributed by atoms with Crippen molar-refractivity contribution in [3.05, 3.63) is 65.5 Å². The summed E-state index contributed by atoms with van der Waals surface area (Å²) in [6, 6.07) is 13.1. The summed E-state index contributed by atoms with van der Waals surface area (Å²) in [5.41, 5.74) is 1.29. The summed E-state index contributed by atoms with van der Waals surface area (Å²) in [6.45, 7) is 0.512. The standard InChI is InChI=1S/C16H14FNO2/c17-12-6-7-15-13(10-12)14(8-9-20-15)18-16(19)11-4-2-1-3-5-11/h1-7,10,14H,8-9H2,(H,18,19). The van der Waals surface area contributed by atoms with E-state index in [0.29, 0.717) is 29.9 Å². The lowest BCUT2D eigenvalue weighted by molar-refractivity contribution is 0.0924. The fourth-order valence-electron chi connectivity index (χ4n) is 2.35. The van der Waals surface area contributed by atoms with Crippen molar-refractivity contribution in [1.29, 1.82) is 0 Å². The first kappa shape index (κ1) is 12.7. The molecule has 2 aromatic rings. The van der Waals surface area contributed by atoms with Crippen LogP contribution < -0.4 is 10.1 Å². The minimum Gasteiger partial charge on any atom is -0.493 e. The lowest BCUT2D eigenvalue weighted by Crippen LogP contribution is -2.32. The second-order valence-corrected chi connectivity index (χ2v) is 4.71. The predicted octanol–water partition coefficient (Wildman–Crippen LogP) is 3.08. The van der Waals surface area contributed by atoms with Crippen molar-refractivity contribution >= 4 is 5.91 Å². The minimum absolute atomic E-state index is 0.160. The summed E-state index contributed by atoms with van der Waals surface area (Å²) >= 11 is 0. The summed E-state index contributed by atoms with van der Waals surface area (Å²) in [6.07, 6.45) is 0.634. The molecule has 0 saturated heterocycles. The first-order valence-electron chi connectivity index (χ1n) is 6.52. The Kier molecular flexibility index (Phi) is 3.37. The van der Waals surface area contributed by atoms with Crippen LogP contribution in [0.1, 0.15) is 28.4 Å². The monoisotopic (exact) mass is 271 g/mol. The largest absolute Gasteiger partial charge is 0.493 e. The highest BCUT2D eigenvalue weighted by Crippen LogP contribution is 2.32. The number of carbonyl (C=O) groups excluding carboxylic acids is 1. The third kappa shape index (κ3) is 2.50. The van der Waals surface area contributed by atoms with Gasteiger partial charge in [-0.25, -0.2) is 4.39 Å². The molecule has 1 N–H and O–H groups in total. The molecule has 0 saturated carbocycles. The molecular weight excluding hydrogens is 257 g/mol. The van der Waals surface area contributed by atoms with Crippen LogP contribution in [-0.4, -0.2) is 12.5 Å². The summed E-state index contributed by atoms with van der Waals surface area (Å²) in [5, 5.41) is 2.93. The van der Waals surface area contributed by atoms with Crippen LogP contribution in [0.5, 0.6) is 5.75 Å². The van der Waals surface area contributed by atoms with Crippen LogP contribution in [-0.2, 0) is 0 Å². The number of hydrogen-bond donors (Lipinski definition) is 1. The molecule has 0 aliphatic carbocycles. The zero-order valence-corrected chi connectivity index (χ0v) is 10.8. The van der Waals surface area contributed by atoms with E-state index in [9.17, 15) is 9.18 Å². The number of benzene rings is 2. The van der Waals surface area contributed by atoms with Gasteiger partial charge in [-0.05, 0) is 30.3 Å². The topological polar surface area (TPSA) is 38.3 Å². The molecule has 0 fully saturated rings. The second-order valence-electron chi connectivity index (χ2n) is 4.71. The lowest BCUT2D eigenvalue weighted by Gasteiger charge is -2.26. The summed E-state index contributed by atoms with van der Waals surface area (Å²) < 4.78 is 18.8. The van der Waals surface area contributed by atoms with E-state index in [0.717, 1.165) is 0 Å². The Morgan fingerprint density at radius 3 is 2.80 bits per heavy atom. The fourth-order valence-corrected chi connectivity index (χ4v) is 2.35. The maximum Gasteiger partial charge on any atom is 0.251 e. The van der Waals surface area contributed by atoms with Gasteiger partial charge in [0.25, 0.3) is 5.91 Å². The first-order chi connectivity index (χ1) is 9.74. The third-order valence-corrected chi connectivity index (χ3v) is 3.35. The van der Waals surface area contributed by atoms with Crippen LogP contribution in [0.25, 0.3) is 0 Å². The maximum absolute atomic E-state index is 13.4. The van der Waals surface area contributed by atoms with Gasteiger partial charge in [0.15, 0.2) is 0 Å². The summed E-state index contributed by atoms with van der Waals surface area (Å²) in [7, 11) is 0. The van der Waals surface area contributed by atoms with E-state index in [1.807, 2.05) is 18.2 Å². The average Bonchev–Trinajstić information content (AvgIpc) is 2.49. The molecule has 1 amide bonds. The molecule has 1 atom stereocenters. The Morgan fingerprint density at radius 2 is 2.00 bits per heavy atom. The normalized spacial score (nSPS) is 16.9.